The number of carbonyl (C=O) groups excluding carboxylic acids is 3. The average molecular weight is 581 g/mol. The summed E-state index contributed by atoms with van der Waals surface area (Å²) in [5.41, 5.74) is 1.17. The molecule has 41 heavy (non-hydrogen) atoms. The Bertz CT molecular complexity index is 1710. The number of ketones is 1. The lowest BCUT2D eigenvalue weighted by atomic mass is 9.99. The lowest BCUT2D eigenvalue weighted by molar-refractivity contribution is -0.146. The van der Waals surface area contributed by atoms with Gasteiger partial charge in [-0.1, -0.05) is 18.5 Å². The number of anilines is 1. The number of Topliss-reactive ketones (excluding diaryl/α,β-unsaturated/α-hetero) is 1. The monoisotopic (exact) mass is 580 g/mol. The van der Waals surface area contributed by atoms with Crippen molar-refractivity contribution in [3.8, 4) is 16.8 Å². The molecule has 1 aliphatic heterocycles. The van der Waals surface area contributed by atoms with Crippen LogP contribution < -0.4 is 10.9 Å². The average Bonchev–Trinajstić information content (AvgIpc) is 3.62. The summed E-state index contributed by atoms with van der Waals surface area (Å²) in [5, 5.41) is 13.3. The summed E-state index contributed by atoms with van der Waals surface area (Å²) < 4.78 is 27.6. The Morgan fingerprint density at radius 1 is 1.15 bits per heavy atom. The molecule has 0 saturated carbocycles. The second-order valence-corrected chi connectivity index (χ2v) is 9.67. The molecule has 0 bridgehead atoms. The van der Waals surface area contributed by atoms with Gasteiger partial charge in [-0.2, -0.15) is 4.68 Å². The smallest absolute Gasteiger partial charge is 0.411 e. The van der Waals surface area contributed by atoms with E-state index in [-0.39, 0.29) is 39.7 Å². The zero-order chi connectivity index (χ0) is 29.3. The Balaban J connectivity index is 1.36. The molecule has 3 heterocycles. The molecule has 0 spiro atoms. The first-order chi connectivity index (χ1) is 19.7. The van der Waals surface area contributed by atoms with Crippen LogP contribution in [0.2, 0.25) is 5.02 Å². The lowest BCUT2D eigenvalue weighted by Gasteiger charge is -2.16. The SMILES string of the molecule is COC(=O)Nc1ccc(C(=O)COC(=O)C2CC(C)c3cc(-c4c(-n5cnnn5)ccc(Cl)c4F)cc(=O)n32)cc1. The Hall–Kier alpha value is -4.91. The molecule has 210 valence electrons. The molecule has 12 nitrogen and oxygen atoms in total. The second kappa shape index (κ2) is 11.3. The first-order valence-electron chi connectivity index (χ1n) is 12.3. The molecule has 1 aliphatic rings. The van der Waals surface area contributed by atoms with Gasteiger partial charge < -0.3 is 9.47 Å². The zero-order valence-corrected chi connectivity index (χ0v) is 22.5. The van der Waals surface area contributed by atoms with E-state index < -0.39 is 41.9 Å². The van der Waals surface area contributed by atoms with Gasteiger partial charge in [0.2, 0.25) is 0 Å². The van der Waals surface area contributed by atoms with Crippen LogP contribution in [0, 0.1) is 5.82 Å². The predicted octanol–water partition coefficient (Wildman–Crippen LogP) is 3.94. The van der Waals surface area contributed by atoms with Crippen LogP contribution in [0.15, 0.2) is 59.7 Å². The van der Waals surface area contributed by atoms with E-state index in [2.05, 4.69) is 25.6 Å². The summed E-state index contributed by atoms with van der Waals surface area (Å²) in [6.45, 7) is 1.28. The van der Waals surface area contributed by atoms with Crippen LogP contribution in [0.25, 0.3) is 16.8 Å². The van der Waals surface area contributed by atoms with E-state index in [1.807, 2.05) is 6.92 Å². The molecule has 0 aliphatic carbocycles. The van der Waals surface area contributed by atoms with E-state index in [4.69, 9.17) is 16.3 Å². The number of nitrogens with one attached hydrogen (secondary N) is 1. The fraction of sp³-hybridized carbons (Fsp3) is 0.222. The number of pyridine rings is 1. The summed E-state index contributed by atoms with van der Waals surface area (Å²) in [5.74, 6) is -2.22. The molecule has 1 amide bonds. The molecule has 2 atom stereocenters. The quantitative estimate of drug-likeness (QED) is 0.253. The van der Waals surface area contributed by atoms with Crippen molar-refractivity contribution in [1.29, 1.82) is 0 Å². The number of benzene rings is 2. The van der Waals surface area contributed by atoms with E-state index in [9.17, 15) is 19.2 Å². The summed E-state index contributed by atoms with van der Waals surface area (Å²) in [6, 6.07) is 10.7. The summed E-state index contributed by atoms with van der Waals surface area (Å²) in [6.07, 6.45) is 0.880. The number of nitrogens with zero attached hydrogens (tertiary/aromatic N) is 5. The van der Waals surface area contributed by atoms with E-state index in [0.29, 0.717) is 11.4 Å². The summed E-state index contributed by atoms with van der Waals surface area (Å²) >= 11 is 6.06. The van der Waals surface area contributed by atoms with Gasteiger partial charge in [-0.15, -0.1) is 5.10 Å². The molecule has 2 aromatic carbocycles. The molecular weight excluding hydrogens is 559 g/mol. The van der Waals surface area contributed by atoms with Crippen molar-refractivity contribution in [2.75, 3.05) is 19.0 Å². The summed E-state index contributed by atoms with van der Waals surface area (Å²) in [7, 11) is 1.23. The van der Waals surface area contributed by atoms with Gasteiger partial charge in [-0.25, -0.2) is 14.0 Å². The number of tetrazole rings is 1. The molecule has 2 unspecified atom stereocenters. The summed E-state index contributed by atoms with van der Waals surface area (Å²) in [4.78, 5) is 50.2. The molecule has 0 saturated heterocycles. The van der Waals surface area contributed by atoms with Gasteiger partial charge in [0.15, 0.2) is 18.2 Å². The number of hydrogen-bond acceptors (Lipinski definition) is 9. The molecule has 4 aromatic rings. The number of carbonyl (C=O) groups is 3. The number of halogens is 2. The largest absolute Gasteiger partial charge is 0.456 e. The maximum atomic E-state index is 15.3. The van der Waals surface area contributed by atoms with Crippen molar-refractivity contribution >= 4 is 35.1 Å². The van der Waals surface area contributed by atoms with Crippen molar-refractivity contribution in [3.05, 3.63) is 87.3 Å². The van der Waals surface area contributed by atoms with Gasteiger partial charge in [0.25, 0.3) is 5.56 Å². The fourth-order valence-corrected chi connectivity index (χ4v) is 4.88. The number of amides is 1. The first-order valence-corrected chi connectivity index (χ1v) is 12.7. The van der Waals surface area contributed by atoms with Crippen LogP contribution in [0.5, 0.6) is 0 Å². The number of rotatable bonds is 7. The van der Waals surface area contributed by atoms with Gasteiger partial charge in [0.05, 0.1) is 17.8 Å². The molecule has 0 radical (unpaired) electrons. The Labute approximate surface area is 236 Å². The number of esters is 1. The fourth-order valence-electron chi connectivity index (χ4n) is 4.72. The molecule has 14 heteroatoms. The van der Waals surface area contributed by atoms with Gasteiger partial charge in [-0.05, 0) is 70.8 Å². The van der Waals surface area contributed by atoms with Crippen LogP contribution in [0.4, 0.5) is 14.9 Å². The van der Waals surface area contributed by atoms with Crippen LogP contribution in [-0.4, -0.2) is 56.3 Å². The highest BCUT2D eigenvalue weighted by molar-refractivity contribution is 6.31. The standard InChI is InChI=1S/C27H22ClFN6O6/c1-14-9-21(26(38)41-12-22(36)15-3-5-17(6-4-15)31-27(39)40-2)35-20(14)10-16(11-23(35)37)24-19(34-13-30-32-33-34)8-7-18(28)25(24)29/h3-8,10-11,13-14,21H,9,12H2,1-2H3,(H,31,39). The Morgan fingerprint density at radius 3 is 2.59 bits per heavy atom. The van der Waals surface area contributed by atoms with Gasteiger partial charge >= 0.3 is 12.1 Å². The number of hydrogen-bond donors (Lipinski definition) is 1. The maximum absolute atomic E-state index is 15.3. The van der Waals surface area contributed by atoms with Crippen molar-refractivity contribution in [1.82, 2.24) is 24.8 Å². The minimum Gasteiger partial charge on any atom is -0.456 e. The van der Waals surface area contributed by atoms with Crippen molar-refractivity contribution < 1.29 is 28.2 Å². The lowest BCUT2D eigenvalue weighted by Crippen LogP contribution is -2.29. The topological polar surface area (TPSA) is 147 Å². The third-order valence-electron chi connectivity index (χ3n) is 6.70. The number of ether oxygens (including phenoxy) is 2. The molecule has 5 rings (SSSR count). The van der Waals surface area contributed by atoms with Crippen molar-refractivity contribution in [3.63, 3.8) is 0 Å². The molecular formula is C27H22ClFN6O6. The van der Waals surface area contributed by atoms with Crippen LogP contribution in [0.3, 0.4) is 0 Å². The van der Waals surface area contributed by atoms with Crippen LogP contribution in [-0.2, 0) is 14.3 Å². The highest BCUT2D eigenvalue weighted by atomic mass is 35.5. The zero-order valence-electron chi connectivity index (χ0n) is 21.7. The Kier molecular flexibility index (Phi) is 7.62. The molecule has 0 fully saturated rings. The first kappa shape index (κ1) is 27.6. The third-order valence-corrected chi connectivity index (χ3v) is 7.00. The molecule has 1 N–H and O–H groups in total. The third kappa shape index (κ3) is 5.43. The van der Waals surface area contributed by atoms with E-state index in [1.54, 1.807) is 6.07 Å². The van der Waals surface area contributed by atoms with Gasteiger partial charge in [0.1, 0.15) is 12.4 Å². The van der Waals surface area contributed by atoms with E-state index >= 15 is 4.39 Å². The molecule has 2 aromatic heterocycles. The number of methoxy groups -OCH3 is 1. The Morgan fingerprint density at radius 2 is 1.90 bits per heavy atom. The minimum atomic E-state index is -0.968. The second-order valence-electron chi connectivity index (χ2n) is 9.26. The van der Waals surface area contributed by atoms with Crippen LogP contribution in [0.1, 0.15) is 41.4 Å². The van der Waals surface area contributed by atoms with Gasteiger partial charge in [0, 0.05) is 28.6 Å². The van der Waals surface area contributed by atoms with E-state index in [1.165, 1.54) is 65.2 Å². The highest BCUT2D eigenvalue weighted by Gasteiger charge is 2.36. The van der Waals surface area contributed by atoms with Gasteiger partial charge in [-0.3, -0.25) is 19.5 Å². The van der Waals surface area contributed by atoms with Crippen LogP contribution >= 0.6 is 11.6 Å². The predicted molar refractivity (Wildman–Crippen MR) is 144 cm³/mol. The maximum Gasteiger partial charge on any atom is 0.411 e. The minimum absolute atomic E-state index is 0.0296. The normalized spacial score (nSPS) is 15.7. The highest BCUT2D eigenvalue weighted by Crippen LogP contribution is 2.39. The number of fused-ring (bicyclic) bond motifs is 1. The number of aromatic nitrogens is 5. The van der Waals surface area contributed by atoms with E-state index in [0.717, 1.165) is 0 Å². The van der Waals surface area contributed by atoms with Crippen molar-refractivity contribution in [2.24, 2.45) is 0 Å². The van der Waals surface area contributed by atoms with Crippen molar-refractivity contribution in [2.45, 2.75) is 25.3 Å².